The number of hydrogen-bond donors (Lipinski definition) is 1. The minimum absolute atomic E-state index is 0.0305. The second-order valence-electron chi connectivity index (χ2n) is 12.4. The largest absolute Gasteiger partial charge is 0.382 e. The molecule has 1 spiro atoms. The van der Waals surface area contributed by atoms with Gasteiger partial charge < -0.3 is 19.7 Å². The molecule has 1 saturated carbocycles. The number of rotatable bonds is 9. The van der Waals surface area contributed by atoms with E-state index in [0.717, 1.165) is 41.9 Å². The summed E-state index contributed by atoms with van der Waals surface area (Å²) >= 11 is 0. The van der Waals surface area contributed by atoms with E-state index in [9.17, 15) is 14.4 Å². The van der Waals surface area contributed by atoms with Crippen LogP contribution in [0.1, 0.15) is 29.8 Å². The summed E-state index contributed by atoms with van der Waals surface area (Å²) in [5, 5.41) is 8.07. The number of nitrogens with zero attached hydrogens (tertiary/aromatic N) is 6. The van der Waals surface area contributed by atoms with Gasteiger partial charge in [-0.25, -0.2) is 14.5 Å². The second-order valence-corrected chi connectivity index (χ2v) is 12.4. The summed E-state index contributed by atoms with van der Waals surface area (Å²) in [5.74, 6) is 0.675. The molecule has 46 heavy (non-hydrogen) atoms. The molecule has 1 N–H and O–H groups in total. The Labute approximate surface area is 264 Å². The van der Waals surface area contributed by atoms with Gasteiger partial charge in [0.2, 0.25) is 5.91 Å². The molecule has 0 unspecified atom stereocenters. The third kappa shape index (κ3) is 4.88. The summed E-state index contributed by atoms with van der Waals surface area (Å²) in [4.78, 5) is 46.9. The highest BCUT2D eigenvalue weighted by atomic mass is 16.5. The molecular weight excluding hydrogens is 586 g/mol. The monoisotopic (exact) mass is 621 g/mol. The minimum Gasteiger partial charge on any atom is -0.382 e. The molecule has 2 aromatic carbocycles. The first-order valence-electron chi connectivity index (χ1n) is 15.8. The lowest BCUT2D eigenvalue weighted by atomic mass is 9.96. The van der Waals surface area contributed by atoms with Crippen LogP contribution >= 0.6 is 0 Å². The number of morpholine rings is 1. The van der Waals surface area contributed by atoms with E-state index in [1.165, 1.54) is 9.08 Å². The zero-order valence-corrected chi connectivity index (χ0v) is 25.6. The number of carbonyl (C=O) groups is 1. The van der Waals surface area contributed by atoms with Crippen LogP contribution in [0.15, 0.2) is 70.4 Å². The van der Waals surface area contributed by atoms with Crippen molar-refractivity contribution in [3.8, 4) is 0 Å². The number of benzene rings is 2. The van der Waals surface area contributed by atoms with Gasteiger partial charge in [-0.2, -0.15) is 0 Å². The van der Waals surface area contributed by atoms with E-state index in [-0.39, 0.29) is 35.2 Å². The van der Waals surface area contributed by atoms with Crippen molar-refractivity contribution in [2.24, 2.45) is 0 Å². The molecule has 12 heteroatoms. The molecule has 1 saturated heterocycles. The molecule has 1 atom stereocenters. The summed E-state index contributed by atoms with van der Waals surface area (Å²) in [7, 11) is 1.67. The van der Waals surface area contributed by atoms with E-state index in [2.05, 4.69) is 27.4 Å². The second kappa shape index (κ2) is 11.2. The standard InChI is InChI=1S/C34H35N7O5/c1-45-21-24-20-38(16-17-46-24)23-6-7-25-27(19-23)35-29(10-15-41-33(44)40-13-3-2-4-30(40)37-41)39(31(25)42)14-9-22-5-8-26-28(18-22)36-32(43)34(26)11-12-34/h2-8,13,18-19,24H,9-12,14-17,20-21H2,1H3,(H,36,43)/t24-/m1/s1. The van der Waals surface area contributed by atoms with Gasteiger partial charge in [-0.3, -0.25) is 18.6 Å². The maximum Gasteiger partial charge on any atom is 0.350 e. The smallest absolute Gasteiger partial charge is 0.350 e. The zero-order valence-electron chi connectivity index (χ0n) is 25.6. The third-order valence-corrected chi connectivity index (χ3v) is 9.57. The number of amides is 1. The number of hydrogen-bond acceptors (Lipinski definition) is 8. The molecule has 1 aliphatic carbocycles. The number of fused-ring (bicyclic) bond motifs is 4. The van der Waals surface area contributed by atoms with Crippen LogP contribution in [-0.4, -0.2) is 69.2 Å². The van der Waals surface area contributed by atoms with Gasteiger partial charge in [0.25, 0.3) is 5.56 Å². The first-order valence-corrected chi connectivity index (χ1v) is 15.8. The van der Waals surface area contributed by atoms with Crippen molar-refractivity contribution < 1.29 is 14.3 Å². The lowest BCUT2D eigenvalue weighted by Crippen LogP contribution is -2.44. The van der Waals surface area contributed by atoms with Crippen molar-refractivity contribution in [2.45, 2.75) is 50.3 Å². The Bertz CT molecular complexity index is 2110. The predicted molar refractivity (Wildman–Crippen MR) is 173 cm³/mol. The molecule has 3 aliphatic rings. The van der Waals surface area contributed by atoms with Crippen molar-refractivity contribution in [3.63, 3.8) is 0 Å². The topological polar surface area (TPSA) is 125 Å². The summed E-state index contributed by atoms with van der Waals surface area (Å²) in [6, 6.07) is 17.4. The number of nitrogens with one attached hydrogen (secondary N) is 1. The molecule has 0 bridgehead atoms. The highest BCUT2D eigenvalue weighted by Gasteiger charge is 2.56. The highest BCUT2D eigenvalue weighted by Crippen LogP contribution is 2.55. The summed E-state index contributed by atoms with van der Waals surface area (Å²) < 4.78 is 15.8. The van der Waals surface area contributed by atoms with Crippen LogP contribution in [0.25, 0.3) is 16.6 Å². The normalized spacial score (nSPS) is 18.4. The van der Waals surface area contributed by atoms with Crippen molar-refractivity contribution in [1.82, 2.24) is 23.7 Å². The van der Waals surface area contributed by atoms with Gasteiger partial charge in [-0.1, -0.05) is 18.2 Å². The van der Waals surface area contributed by atoms with Crippen LogP contribution < -0.4 is 21.5 Å². The van der Waals surface area contributed by atoms with Crippen molar-refractivity contribution in [3.05, 3.63) is 98.6 Å². The van der Waals surface area contributed by atoms with E-state index >= 15 is 0 Å². The number of aromatic nitrogens is 5. The Morgan fingerprint density at radius 1 is 1.04 bits per heavy atom. The Hall–Kier alpha value is -4.81. The maximum absolute atomic E-state index is 14.1. The van der Waals surface area contributed by atoms with Crippen LogP contribution in [-0.2, 0) is 45.6 Å². The number of carbonyl (C=O) groups excluding carboxylic acids is 1. The first kappa shape index (κ1) is 28.6. The van der Waals surface area contributed by atoms with Crippen molar-refractivity contribution in [2.75, 3.05) is 43.6 Å². The molecule has 8 rings (SSSR count). The van der Waals surface area contributed by atoms with Crippen molar-refractivity contribution >= 4 is 33.8 Å². The van der Waals surface area contributed by atoms with Crippen LogP contribution in [0.5, 0.6) is 0 Å². The number of ether oxygens (including phenoxy) is 2. The SMILES string of the molecule is COC[C@H]1CN(c2ccc3c(=O)n(CCc4ccc5c(c4)NC(=O)C54CC4)c(CCn4nc5ccccn5c4=O)nc3c2)CCO1. The number of anilines is 2. The van der Waals surface area contributed by atoms with Gasteiger partial charge in [0.1, 0.15) is 5.82 Å². The fraction of sp³-hybridized carbons (Fsp3) is 0.382. The number of methoxy groups -OCH3 is 1. The fourth-order valence-electron chi connectivity index (χ4n) is 6.93. The van der Waals surface area contributed by atoms with Crippen LogP contribution in [0, 0.1) is 0 Å². The maximum atomic E-state index is 14.1. The Kier molecular flexibility index (Phi) is 6.98. The Morgan fingerprint density at radius 2 is 1.93 bits per heavy atom. The average Bonchev–Trinajstić information content (AvgIpc) is 3.75. The van der Waals surface area contributed by atoms with Crippen molar-refractivity contribution in [1.29, 1.82) is 0 Å². The van der Waals surface area contributed by atoms with E-state index in [1.807, 2.05) is 30.3 Å². The van der Waals surface area contributed by atoms with Gasteiger partial charge in [0.05, 0.1) is 42.2 Å². The molecule has 12 nitrogen and oxygen atoms in total. The van der Waals surface area contributed by atoms with E-state index in [1.54, 1.807) is 30.0 Å². The quantitative estimate of drug-likeness (QED) is 0.266. The van der Waals surface area contributed by atoms with E-state index in [0.29, 0.717) is 61.5 Å². The molecule has 3 aromatic heterocycles. The lowest BCUT2D eigenvalue weighted by molar-refractivity contribution is -0.117. The molecule has 1 amide bonds. The molecule has 2 fully saturated rings. The number of aryl methyl sites for hydroxylation is 3. The van der Waals surface area contributed by atoms with E-state index in [4.69, 9.17) is 14.5 Å². The molecule has 2 aliphatic heterocycles. The summed E-state index contributed by atoms with van der Waals surface area (Å²) in [6.45, 7) is 3.19. The molecule has 5 aromatic rings. The van der Waals surface area contributed by atoms with Crippen LogP contribution in [0.2, 0.25) is 0 Å². The third-order valence-electron chi connectivity index (χ3n) is 9.57. The van der Waals surface area contributed by atoms with Crippen LogP contribution in [0.4, 0.5) is 11.4 Å². The Balaban J connectivity index is 1.12. The fourth-order valence-corrected chi connectivity index (χ4v) is 6.93. The van der Waals surface area contributed by atoms with Gasteiger partial charge in [0, 0.05) is 50.7 Å². The minimum atomic E-state index is -0.332. The highest BCUT2D eigenvalue weighted by molar-refractivity contribution is 6.08. The molecule has 5 heterocycles. The summed E-state index contributed by atoms with van der Waals surface area (Å²) in [6.07, 6.45) is 4.37. The molecular formula is C34H35N7O5. The van der Waals surface area contributed by atoms with Gasteiger partial charge in [-0.15, -0.1) is 5.10 Å². The van der Waals surface area contributed by atoms with E-state index < -0.39 is 0 Å². The average molecular weight is 622 g/mol. The number of pyridine rings is 1. The van der Waals surface area contributed by atoms with Gasteiger partial charge in [-0.05, 0) is 66.8 Å². The van der Waals surface area contributed by atoms with Gasteiger partial charge >= 0.3 is 5.69 Å². The Morgan fingerprint density at radius 3 is 2.76 bits per heavy atom. The predicted octanol–water partition coefficient (Wildman–Crippen LogP) is 2.53. The zero-order chi connectivity index (χ0) is 31.4. The lowest BCUT2D eigenvalue weighted by Gasteiger charge is -2.34. The summed E-state index contributed by atoms with van der Waals surface area (Å²) in [5.41, 5.74) is 4.43. The molecule has 0 radical (unpaired) electrons. The molecule has 236 valence electrons. The first-order chi connectivity index (χ1) is 22.4. The van der Waals surface area contributed by atoms with Crippen LogP contribution in [0.3, 0.4) is 0 Å². The van der Waals surface area contributed by atoms with Gasteiger partial charge in [0.15, 0.2) is 5.65 Å².